The molecule has 0 aliphatic carbocycles. The SMILES string of the molecule is O=C(NCC(F)(F)F)c1nccs1. The second-order valence-electron chi connectivity index (χ2n) is 2.14. The lowest BCUT2D eigenvalue weighted by molar-refractivity contribution is -0.123. The standard InChI is InChI=1S/C6H5F3N2OS/c7-6(8,9)3-11-4(12)5-10-1-2-13-5/h1-2H,3H2,(H,11,12). The van der Waals surface area contributed by atoms with Crippen molar-refractivity contribution in [2.75, 3.05) is 6.54 Å². The normalized spacial score (nSPS) is 11.3. The molecule has 1 rings (SSSR count). The summed E-state index contributed by atoms with van der Waals surface area (Å²) in [5.41, 5.74) is 0. The fourth-order valence-electron chi connectivity index (χ4n) is 0.592. The molecule has 1 amide bonds. The topological polar surface area (TPSA) is 42.0 Å². The van der Waals surface area contributed by atoms with Crippen LogP contribution in [0.4, 0.5) is 13.2 Å². The second kappa shape index (κ2) is 3.73. The predicted molar refractivity (Wildman–Crippen MR) is 40.5 cm³/mol. The van der Waals surface area contributed by atoms with Gasteiger partial charge >= 0.3 is 6.18 Å². The highest BCUT2D eigenvalue weighted by Gasteiger charge is 2.28. The second-order valence-corrected chi connectivity index (χ2v) is 3.03. The van der Waals surface area contributed by atoms with E-state index in [1.54, 1.807) is 5.32 Å². The Morgan fingerprint density at radius 1 is 1.62 bits per heavy atom. The lowest BCUT2D eigenvalue weighted by atomic mass is 10.5. The van der Waals surface area contributed by atoms with Crippen molar-refractivity contribution >= 4 is 17.2 Å². The maximum Gasteiger partial charge on any atom is 0.405 e. The first kappa shape index (κ1) is 9.97. The van der Waals surface area contributed by atoms with Crippen LogP contribution in [-0.4, -0.2) is 23.6 Å². The number of aromatic nitrogens is 1. The number of alkyl halides is 3. The molecule has 13 heavy (non-hydrogen) atoms. The van der Waals surface area contributed by atoms with Gasteiger partial charge in [0.1, 0.15) is 6.54 Å². The van der Waals surface area contributed by atoms with Crippen molar-refractivity contribution < 1.29 is 18.0 Å². The Morgan fingerprint density at radius 2 is 2.31 bits per heavy atom. The monoisotopic (exact) mass is 210 g/mol. The van der Waals surface area contributed by atoms with Crippen LogP contribution in [0, 0.1) is 0 Å². The number of thiazole rings is 1. The van der Waals surface area contributed by atoms with Crippen molar-refractivity contribution in [2.24, 2.45) is 0 Å². The third-order valence-corrected chi connectivity index (χ3v) is 1.85. The molecule has 0 atom stereocenters. The highest BCUT2D eigenvalue weighted by molar-refractivity contribution is 7.11. The Kier molecular flexibility index (Phi) is 2.86. The number of amides is 1. The molecule has 0 bridgehead atoms. The van der Waals surface area contributed by atoms with Crippen molar-refractivity contribution in [1.82, 2.24) is 10.3 Å². The maximum atomic E-state index is 11.6. The molecule has 0 fully saturated rings. The molecule has 72 valence electrons. The molecule has 7 heteroatoms. The largest absolute Gasteiger partial charge is 0.405 e. The number of carbonyl (C=O) groups is 1. The van der Waals surface area contributed by atoms with Gasteiger partial charge in [0.15, 0.2) is 5.01 Å². The van der Waals surface area contributed by atoms with E-state index in [1.165, 1.54) is 11.6 Å². The molecule has 0 radical (unpaired) electrons. The zero-order chi connectivity index (χ0) is 9.90. The van der Waals surface area contributed by atoms with Crippen LogP contribution in [0.3, 0.4) is 0 Å². The Labute approximate surface area is 75.6 Å². The summed E-state index contributed by atoms with van der Waals surface area (Å²) in [5, 5.41) is 3.26. The third kappa shape index (κ3) is 3.41. The predicted octanol–water partition coefficient (Wildman–Crippen LogP) is 1.44. The number of hydrogen-bond acceptors (Lipinski definition) is 3. The molecule has 1 heterocycles. The molecule has 1 aromatic rings. The summed E-state index contributed by atoms with van der Waals surface area (Å²) in [6.45, 7) is -1.33. The van der Waals surface area contributed by atoms with Crippen LogP contribution in [0.2, 0.25) is 0 Å². The number of nitrogens with zero attached hydrogens (tertiary/aromatic N) is 1. The van der Waals surface area contributed by atoms with Crippen LogP contribution < -0.4 is 5.32 Å². The van der Waals surface area contributed by atoms with Crippen LogP contribution in [0.1, 0.15) is 9.80 Å². The van der Waals surface area contributed by atoms with Crippen molar-refractivity contribution in [3.05, 3.63) is 16.6 Å². The Bertz CT molecular complexity index is 283. The van der Waals surface area contributed by atoms with E-state index in [9.17, 15) is 18.0 Å². The average molecular weight is 210 g/mol. The molecular formula is C6H5F3N2OS. The van der Waals surface area contributed by atoms with Gasteiger partial charge in [0.05, 0.1) is 0 Å². The summed E-state index contributed by atoms with van der Waals surface area (Å²) in [4.78, 5) is 14.4. The van der Waals surface area contributed by atoms with Crippen molar-refractivity contribution in [2.45, 2.75) is 6.18 Å². The van der Waals surface area contributed by atoms with E-state index in [2.05, 4.69) is 4.98 Å². The lowest BCUT2D eigenvalue weighted by Crippen LogP contribution is -2.33. The minimum absolute atomic E-state index is 0.0317. The van der Waals surface area contributed by atoms with E-state index in [0.29, 0.717) is 0 Å². The smallest absolute Gasteiger partial charge is 0.341 e. The van der Waals surface area contributed by atoms with Gasteiger partial charge < -0.3 is 5.32 Å². The first-order valence-corrected chi connectivity index (χ1v) is 4.11. The van der Waals surface area contributed by atoms with Gasteiger partial charge in [-0.3, -0.25) is 4.79 Å². The first-order valence-electron chi connectivity index (χ1n) is 3.23. The molecular weight excluding hydrogens is 205 g/mol. The van der Waals surface area contributed by atoms with Crippen molar-refractivity contribution in [1.29, 1.82) is 0 Å². The van der Waals surface area contributed by atoms with Crippen LogP contribution in [0.15, 0.2) is 11.6 Å². The van der Waals surface area contributed by atoms with Crippen LogP contribution in [0.5, 0.6) is 0 Å². The number of carbonyl (C=O) groups excluding carboxylic acids is 1. The molecule has 0 saturated heterocycles. The Balaban J connectivity index is 2.44. The molecule has 0 spiro atoms. The Morgan fingerprint density at radius 3 is 2.77 bits per heavy atom. The highest BCUT2D eigenvalue weighted by atomic mass is 32.1. The van der Waals surface area contributed by atoms with E-state index in [1.807, 2.05) is 0 Å². The molecule has 0 unspecified atom stereocenters. The maximum absolute atomic E-state index is 11.6. The van der Waals surface area contributed by atoms with Gasteiger partial charge in [-0.05, 0) is 0 Å². The fourth-order valence-corrected chi connectivity index (χ4v) is 1.14. The van der Waals surface area contributed by atoms with Gasteiger partial charge in [0.2, 0.25) is 0 Å². The van der Waals surface area contributed by atoms with E-state index >= 15 is 0 Å². The summed E-state index contributed by atoms with van der Waals surface area (Å²) >= 11 is 0.991. The summed E-state index contributed by atoms with van der Waals surface area (Å²) in [5.74, 6) is -0.799. The fraction of sp³-hybridized carbons (Fsp3) is 0.333. The molecule has 0 aliphatic rings. The Hall–Kier alpha value is -1.11. The zero-order valence-electron chi connectivity index (χ0n) is 6.26. The molecule has 0 saturated carbocycles. The minimum atomic E-state index is -4.38. The molecule has 1 aromatic heterocycles. The summed E-state index contributed by atoms with van der Waals surface area (Å²) in [7, 11) is 0. The van der Waals surface area contributed by atoms with E-state index < -0.39 is 18.6 Å². The minimum Gasteiger partial charge on any atom is -0.341 e. The van der Waals surface area contributed by atoms with Gasteiger partial charge in [0.25, 0.3) is 5.91 Å². The third-order valence-electron chi connectivity index (χ3n) is 1.08. The van der Waals surface area contributed by atoms with Gasteiger partial charge in [-0.1, -0.05) is 0 Å². The summed E-state index contributed by atoms with van der Waals surface area (Å²) in [6.07, 6.45) is -3.03. The number of nitrogens with one attached hydrogen (secondary N) is 1. The van der Waals surface area contributed by atoms with Gasteiger partial charge in [-0.25, -0.2) is 4.98 Å². The van der Waals surface area contributed by atoms with Crippen LogP contribution in [0.25, 0.3) is 0 Å². The van der Waals surface area contributed by atoms with Crippen molar-refractivity contribution in [3.8, 4) is 0 Å². The van der Waals surface area contributed by atoms with Crippen LogP contribution >= 0.6 is 11.3 Å². The van der Waals surface area contributed by atoms with E-state index in [0.717, 1.165) is 11.3 Å². The molecule has 0 aliphatic heterocycles. The first-order chi connectivity index (χ1) is 5.99. The van der Waals surface area contributed by atoms with E-state index in [-0.39, 0.29) is 5.01 Å². The van der Waals surface area contributed by atoms with E-state index in [4.69, 9.17) is 0 Å². The van der Waals surface area contributed by atoms with Gasteiger partial charge in [-0.2, -0.15) is 13.2 Å². The lowest BCUT2D eigenvalue weighted by Gasteiger charge is -2.05. The quantitative estimate of drug-likeness (QED) is 0.802. The summed E-state index contributed by atoms with van der Waals surface area (Å²) in [6, 6.07) is 0. The number of rotatable bonds is 2. The molecule has 0 aromatic carbocycles. The van der Waals surface area contributed by atoms with Crippen molar-refractivity contribution in [3.63, 3.8) is 0 Å². The highest BCUT2D eigenvalue weighted by Crippen LogP contribution is 2.12. The van der Waals surface area contributed by atoms with Gasteiger partial charge in [-0.15, -0.1) is 11.3 Å². The number of halogens is 3. The van der Waals surface area contributed by atoms with Gasteiger partial charge in [0, 0.05) is 11.6 Å². The molecule has 3 nitrogen and oxygen atoms in total. The average Bonchev–Trinajstić information content (AvgIpc) is 2.50. The number of hydrogen-bond donors (Lipinski definition) is 1. The zero-order valence-corrected chi connectivity index (χ0v) is 7.08. The molecule has 1 N–H and O–H groups in total. The summed E-state index contributed by atoms with van der Waals surface area (Å²) < 4.78 is 34.9. The van der Waals surface area contributed by atoms with Crippen LogP contribution in [-0.2, 0) is 0 Å².